The molecule has 1 aliphatic heterocycles. The van der Waals surface area contributed by atoms with Crippen LogP contribution in [0.25, 0.3) is 0 Å². The van der Waals surface area contributed by atoms with Gasteiger partial charge in [-0.1, -0.05) is 20.8 Å². The van der Waals surface area contributed by atoms with Gasteiger partial charge in [0.05, 0.1) is 19.3 Å². The van der Waals surface area contributed by atoms with Gasteiger partial charge in [0.15, 0.2) is 0 Å². The van der Waals surface area contributed by atoms with Crippen molar-refractivity contribution < 1.29 is 9.84 Å². The summed E-state index contributed by atoms with van der Waals surface area (Å²) < 4.78 is 5.07. The van der Waals surface area contributed by atoms with E-state index in [2.05, 4.69) is 25.7 Å². The summed E-state index contributed by atoms with van der Waals surface area (Å²) in [6.45, 7) is 9.85. The molecule has 1 atom stereocenters. The average molecular weight is 201 g/mol. The lowest BCUT2D eigenvalue weighted by Crippen LogP contribution is -2.58. The average Bonchev–Trinajstić information content (AvgIpc) is 1.97. The molecule has 1 aliphatic rings. The summed E-state index contributed by atoms with van der Waals surface area (Å²) in [7, 11) is 1.68. The summed E-state index contributed by atoms with van der Waals surface area (Å²) in [4.78, 5) is 2.30. The van der Waals surface area contributed by atoms with Gasteiger partial charge < -0.3 is 9.84 Å². The summed E-state index contributed by atoms with van der Waals surface area (Å²) in [5, 5.41) is 9.16. The first-order valence-corrected chi connectivity index (χ1v) is 5.33. The Morgan fingerprint density at radius 1 is 1.43 bits per heavy atom. The molecule has 0 amide bonds. The number of aliphatic hydroxyl groups is 1. The van der Waals surface area contributed by atoms with Crippen LogP contribution in [-0.2, 0) is 4.74 Å². The molecule has 0 aromatic rings. The van der Waals surface area contributed by atoms with E-state index in [1.165, 1.54) is 0 Å². The zero-order valence-corrected chi connectivity index (χ0v) is 9.79. The Labute approximate surface area is 87.1 Å². The maximum absolute atomic E-state index is 9.16. The fourth-order valence-corrected chi connectivity index (χ4v) is 1.82. The number of likely N-dealkylation sites (tertiary alicyclic amines) is 1. The number of aliphatic hydroxyl groups excluding tert-OH is 1. The molecule has 0 aliphatic carbocycles. The van der Waals surface area contributed by atoms with Crippen molar-refractivity contribution in [3.63, 3.8) is 0 Å². The lowest BCUT2D eigenvalue weighted by Gasteiger charge is -2.49. The van der Waals surface area contributed by atoms with Crippen LogP contribution in [-0.4, -0.2) is 49.5 Å². The van der Waals surface area contributed by atoms with Crippen LogP contribution in [0.1, 0.15) is 20.8 Å². The lowest BCUT2D eigenvalue weighted by molar-refractivity contribution is -0.0461. The molecule has 0 bridgehead atoms. The Kier molecular flexibility index (Phi) is 3.93. The molecule has 1 heterocycles. The van der Waals surface area contributed by atoms with Crippen LogP contribution in [0.15, 0.2) is 0 Å². The van der Waals surface area contributed by atoms with Gasteiger partial charge in [0.1, 0.15) is 0 Å². The van der Waals surface area contributed by atoms with Crippen molar-refractivity contribution in [3.05, 3.63) is 0 Å². The molecule has 1 unspecified atom stereocenters. The van der Waals surface area contributed by atoms with Crippen molar-refractivity contribution in [2.75, 3.05) is 33.4 Å². The highest BCUT2D eigenvalue weighted by atomic mass is 16.5. The van der Waals surface area contributed by atoms with E-state index in [-0.39, 0.29) is 12.6 Å². The predicted octanol–water partition coefficient (Wildman–Crippen LogP) is 0.972. The summed E-state index contributed by atoms with van der Waals surface area (Å²) in [5.74, 6) is 0.758. The Morgan fingerprint density at radius 2 is 2.00 bits per heavy atom. The quantitative estimate of drug-likeness (QED) is 0.735. The first-order chi connectivity index (χ1) is 6.49. The molecular formula is C11H23NO2. The van der Waals surface area contributed by atoms with Crippen molar-refractivity contribution in [2.24, 2.45) is 11.3 Å². The Balaban J connectivity index is 2.32. The van der Waals surface area contributed by atoms with Gasteiger partial charge in [-0.2, -0.15) is 0 Å². The highest BCUT2D eigenvalue weighted by molar-refractivity contribution is 4.91. The number of hydrogen-bond acceptors (Lipinski definition) is 3. The van der Waals surface area contributed by atoms with Gasteiger partial charge in [0, 0.05) is 20.2 Å². The fourth-order valence-electron chi connectivity index (χ4n) is 1.82. The van der Waals surface area contributed by atoms with Crippen molar-refractivity contribution in [3.8, 4) is 0 Å². The molecule has 0 aromatic heterocycles. The molecule has 0 saturated carbocycles. The minimum absolute atomic E-state index is 0.193. The van der Waals surface area contributed by atoms with Gasteiger partial charge >= 0.3 is 0 Å². The number of hydrogen-bond donors (Lipinski definition) is 1. The van der Waals surface area contributed by atoms with Crippen LogP contribution in [0.5, 0.6) is 0 Å². The first kappa shape index (κ1) is 12.0. The number of rotatable bonds is 4. The molecule has 3 heteroatoms. The van der Waals surface area contributed by atoms with Crippen molar-refractivity contribution in [2.45, 2.75) is 26.8 Å². The molecule has 0 spiro atoms. The second kappa shape index (κ2) is 4.60. The summed E-state index contributed by atoms with van der Waals surface area (Å²) in [6.07, 6.45) is 0. The second-order valence-corrected chi connectivity index (χ2v) is 5.31. The third-order valence-electron chi connectivity index (χ3n) is 3.22. The largest absolute Gasteiger partial charge is 0.395 e. The van der Waals surface area contributed by atoms with Gasteiger partial charge in [-0.25, -0.2) is 0 Å². The van der Waals surface area contributed by atoms with Crippen LogP contribution >= 0.6 is 0 Å². The van der Waals surface area contributed by atoms with Gasteiger partial charge in [0.2, 0.25) is 0 Å². The number of ether oxygens (including phenoxy) is 1. The third-order valence-corrected chi connectivity index (χ3v) is 3.22. The fraction of sp³-hybridized carbons (Fsp3) is 1.00. The highest BCUT2D eigenvalue weighted by Crippen LogP contribution is 2.34. The van der Waals surface area contributed by atoms with Crippen LogP contribution in [0.2, 0.25) is 0 Å². The van der Waals surface area contributed by atoms with E-state index in [9.17, 15) is 0 Å². The normalized spacial score (nSPS) is 22.1. The van der Waals surface area contributed by atoms with Crippen LogP contribution < -0.4 is 0 Å². The maximum Gasteiger partial charge on any atom is 0.0640 e. The zero-order valence-electron chi connectivity index (χ0n) is 9.79. The molecule has 84 valence electrons. The monoisotopic (exact) mass is 201 g/mol. The molecule has 3 nitrogen and oxygen atoms in total. The van der Waals surface area contributed by atoms with Crippen LogP contribution in [0.4, 0.5) is 0 Å². The molecule has 1 rings (SSSR count). The van der Waals surface area contributed by atoms with Gasteiger partial charge in [0.25, 0.3) is 0 Å². The van der Waals surface area contributed by atoms with E-state index >= 15 is 0 Å². The Morgan fingerprint density at radius 3 is 2.36 bits per heavy atom. The third kappa shape index (κ3) is 2.69. The van der Waals surface area contributed by atoms with E-state index in [1.807, 2.05) is 0 Å². The molecular weight excluding hydrogens is 178 g/mol. The van der Waals surface area contributed by atoms with E-state index in [1.54, 1.807) is 7.11 Å². The Hall–Kier alpha value is -0.120. The van der Waals surface area contributed by atoms with E-state index in [0.29, 0.717) is 12.0 Å². The van der Waals surface area contributed by atoms with Crippen LogP contribution in [0.3, 0.4) is 0 Å². The minimum Gasteiger partial charge on any atom is -0.395 e. The molecule has 14 heavy (non-hydrogen) atoms. The summed E-state index contributed by atoms with van der Waals surface area (Å²) >= 11 is 0. The second-order valence-electron chi connectivity index (χ2n) is 5.31. The molecule has 1 saturated heterocycles. The van der Waals surface area contributed by atoms with Crippen LogP contribution in [0, 0.1) is 11.3 Å². The summed E-state index contributed by atoms with van der Waals surface area (Å²) in [5.41, 5.74) is 0.392. The molecule has 0 aromatic carbocycles. The molecule has 0 radical (unpaired) electrons. The molecule has 1 fully saturated rings. The lowest BCUT2D eigenvalue weighted by atomic mass is 9.75. The highest BCUT2D eigenvalue weighted by Gasteiger charge is 2.38. The smallest absolute Gasteiger partial charge is 0.0640 e. The first-order valence-electron chi connectivity index (χ1n) is 5.33. The van der Waals surface area contributed by atoms with E-state index < -0.39 is 0 Å². The summed E-state index contributed by atoms with van der Waals surface area (Å²) in [6, 6.07) is 0.193. The van der Waals surface area contributed by atoms with Crippen molar-refractivity contribution in [1.82, 2.24) is 4.90 Å². The van der Waals surface area contributed by atoms with Gasteiger partial charge in [-0.15, -0.1) is 0 Å². The van der Waals surface area contributed by atoms with Crippen molar-refractivity contribution in [1.29, 1.82) is 0 Å². The predicted molar refractivity (Wildman–Crippen MR) is 57.3 cm³/mol. The number of nitrogens with zero attached hydrogens (tertiary/aromatic N) is 1. The standard InChI is InChI=1S/C11H23NO2/c1-11(2,3)9-5-12(6-9)10(7-13)8-14-4/h9-10,13H,5-8H2,1-4H3. The topological polar surface area (TPSA) is 32.7 Å². The maximum atomic E-state index is 9.16. The molecule has 1 N–H and O–H groups in total. The number of methoxy groups -OCH3 is 1. The van der Waals surface area contributed by atoms with E-state index in [4.69, 9.17) is 9.84 Å². The Bertz CT molecular complexity index is 171. The van der Waals surface area contributed by atoms with Crippen molar-refractivity contribution >= 4 is 0 Å². The zero-order chi connectivity index (χ0) is 10.8. The van der Waals surface area contributed by atoms with Gasteiger partial charge in [-0.05, 0) is 11.3 Å². The van der Waals surface area contributed by atoms with E-state index in [0.717, 1.165) is 19.0 Å². The van der Waals surface area contributed by atoms with Gasteiger partial charge in [-0.3, -0.25) is 4.90 Å². The SMILES string of the molecule is COCC(CO)N1CC(C(C)(C)C)C1. The minimum atomic E-state index is 0.193.